The second kappa shape index (κ2) is 6.61. The Hall–Kier alpha value is -1.08. The number of carbonyl (C=O) groups excluding carboxylic acids is 1. The molecule has 1 rings (SSSR count). The first kappa shape index (κ1) is 14.0. The lowest BCUT2D eigenvalue weighted by Crippen LogP contribution is -2.37. The molecule has 0 radical (unpaired) electrons. The minimum atomic E-state index is -0.0408. The maximum atomic E-state index is 12.0. The van der Waals surface area contributed by atoms with Crippen LogP contribution in [0.4, 0.5) is 0 Å². The van der Waals surface area contributed by atoms with E-state index in [-0.39, 0.29) is 30.0 Å². The van der Waals surface area contributed by atoms with Gasteiger partial charge in [-0.3, -0.25) is 4.79 Å². The van der Waals surface area contributed by atoms with Crippen LogP contribution in [0.2, 0.25) is 0 Å². The molecule has 1 aliphatic heterocycles. The molecular formula is C13H22N2O2. The van der Waals surface area contributed by atoms with E-state index >= 15 is 0 Å². The van der Waals surface area contributed by atoms with Crippen molar-refractivity contribution in [2.75, 3.05) is 6.54 Å². The highest BCUT2D eigenvalue weighted by atomic mass is 16.5. The van der Waals surface area contributed by atoms with Crippen LogP contribution in [0, 0.1) is 23.2 Å². The average molecular weight is 238 g/mol. The summed E-state index contributed by atoms with van der Waals surface area (Å²) in [6, 6.07) is 2.10. The molecule has 0 bridgehead atoms. The van der Waals surface area contributed by atoms with E-state index in [4.69, 9.17) is 10.00 Å². The van der Waals surface area contributed by atoms with Crippen molar-refractivity contribution < 1.29 is 9.53 Å². The highest BCUT2D eigenvalue weighted by molar-refractivity contribution is 5.79. The lowest BCUT2D eigenvalue weighted by molar-refractivity contribution is -0.127. The fourth-order valence-corrected chi connectivity index (χ4v) is 2.38. The molecule has 1 saturated heterocycles. The average Bonchev–Trinajstić information content (AvgIpc) is 2.53. The van der Waals surface area contributed by atoms with Crippen molar-refractivity contribution in [2.24, 2.45) is 11.8 Å². The number of unbranched alkanes of at least 4 members (excludes halogenated alkanes) is 2. The quantitative estimate of drug-likeness (QED) is 0.744. The Bertz CT molecular complexity index is 298. The summed E-state index contributed by atoms with van der Waals surface area (Å²) in [4.78, 5) is 12.0. The largest absolute Gasteiger partial charge is 0.374 e. The third kappa shape index (κ3) is 3.71. The van der Waals surface area contributed by atoms with Gasteiger partial charge >= 0.3 is 0 Å². The van der Waals surface area contributed by atoms with Crippen LogP contribution >= 0.6 is 0 Å². The van der Waals surface area contributed by atoms with Crippen LogP contribution in [-0.4, -0.2) is 24.7 Å². The van der Waals surface area contributed by atoms with Crippen LogP contribution in [0.1, 0.15) is 40.0 Å². The van der Waals surface area contributed by atoms with E-state index in [0.717, 1.165) is 12.8 Å². The van der Waals surface area contributed by atoms with E-state index in [2.05, 4.69) is 18.3 Å². The fourth-order valence-electron chi connectivity index (χ4n) is 2.38. The first-order chi connectivity index (χ1) is 8.07. The van der Waals surface area contributed by atoms with E-state index in [0.29, 0.717) is 13.0 Å². The van der Waals surface area contributed by atoms with Crippen LogP contribution < -0.4 is 5.32 Å². The number of amides is 1. The van der Waals surface area contributed by atoms with Crippen molar-refractivity contribution in [1.29, 1.82) is 5.26 Å². The zero-order valence-corrected chi connectivity index (χ0v) is 10.9. The SMILES string of the molecule is CC1OC(C)C(C(=O)NCCCCC#N)C1C. The minimum Gasteiger partial charge on any atom is -0.374 e. The van der Waals surface area contributed by atoms with Gasteiger partial charge in [0.1, 0.15) is 0 Å². The van der Waals surface area contributed by atoms with Crippen LogP contribution in [0.5, 0.6) is 0 Å². The molecule has 1 heterocycles. The summed E-state index contributed by atoms with van der Waals surface area (Å²) in [7, 11) is 0. The molecule has 96 valence electrons. The summed E-state index contributed by atoms with van der Waals surface area (Å²) >= 11 is 0. The molecule has 4 heteroatoms. The molecule has 1 aliphatic rings. The van der Waals surface area contributed by atoms with Gasteiger partial charge in [0, 0.05) is 13.0 Å². The third-order valence-corrected chi connectivity index (χ3v) is 3.56. The maximum Gasteiger partial charge on any atom is 0.226 e. The molecule has 1 fully saturated rings. The molecule has 0 aliphatic carbocycles. The number of nitrogens with zero attached hydrogens (tertiary/aromatic N) is 1. The third-order valence-electron chi connectivity index (χ3n) is 3.56. The molecule has 4 atom stereocenters. The highest BCUT2D eigenvalue weighted by Gasteiger charge is 2.41. The Balaban J connectivity index is 2.30. The van der Waals surface area contributed by atoms with Gasteiger partial charge in [0.2, 0.25) is 5.91 Å². The van der Waals surface area contributed by atoms with Crippen molar-refractivity contribution in [3.05, 3.63) is 0 Å². The second-order valence-electron chi connectivity index (χ2n) is 4.84. The van der Waals surface area contributed by atoms with Crippen LogP contribution in [0.25, 0.3) is 0 Å². The van der Waals surface area contributed by atoms with Gasteiger partial charge in [0.05, 0.1) is 24.2 Å². The van der Waals surface area contributed by atoms with Gasteiger partial charge in [-0.15, -0.1) is 0 Å². The molecule has 4 unspecified atom stereocenters. The van der Waals surface area contributed by atoms with Gasteiger partial charge in [0.25, 0.3) is 0 Å². The number of nitriles is 1. The standard InChI is InChI=1S/C13H22N2O2/c1-9-10(2)17-11(3)12(9)13(16)15-8-6-4-5-7-14/h9-12H,4-6,8H2,1-3H3,(H,15,16). The number of rotatable bonds is 5. The Labute approximate surface area is 103 Å². The topological polar surface area (TPSA) is 62.1 Å². The van der Waals surface area contributed by atoms with Gasteiger partial charge in [0.15, 0.2) is 0 Å². The van der Waals surface area contributed by atoms with Gasteiger partial charge in [-0.25, -0.2) is 0 Å². The van der Waals surface area contributed by atoms with E-state index in [1.165, 1.54) is 0 Å². The maximum absolute atomic E-state index is 12.0. The summed E-state index contributed by atoms with van der Waals surface area (Å²) in [6.07, 6.45) is 2.43. The molecule has 0 aromatic heterocycles. The summed E-state index contributed by atoms with van der Waals surface area (Å²) in [5.41, 5.74) is 0. The summed E-state index contributed by atoms with van der Waals surface area (Å²) < 4.78 is 5.65. The normalized spacial score (nSPS) is 32.1. The molecular weight excluding hydrogens is 216 g/mol. The number of carbonyl (C=O) groups is 1. The molecule has 0 spiro atoms. The van der Waals surface area contributed by atoms with Crippen LogP contribution in [-0.2, 0) is 9.53 Å². The Morgan fingerprint density at radius 1 is 1.29 bits per heavy atom. The van der Waals surface area contributed by atoms with Gasteiger partial charge in [-0.1, -0.05) is 6.92 Å². The summed E-state index contributed by atoms with van der Waals surface area (Å²) in [5.74, 6) is 0.316. The van der Waals surface area contributed by atoms with Crippen molar-refractivity contribution in [3.8, 4) is 6.07 Å². The Morgan fingerprint density at radius 3 is 2.53 bits per heavy atom. The van der Waals surface area contributed by atoms with Crippen molar-refractivity contribution in [2.45, 2.75) is 52.2 Å². The number of ether oxygens (including phenoxy) is 1. The molecule has 1 N–H and O–H groups in total. The molecule has 0 aromatic rings. The van der Waals surface area contributed by atoms with Gasteiger partial charge in [-0.05, 0) is 32.6 Å². The van der Waals surface area contributed by atoms with Crippen molar-refractivity contribution in [1.82, 2.24) is 5.32 Å². The smallest absolute Gasteiger partial charge is 0.226 e. The zero-order chi connectivity index (χ0) is 12.8. The number of hydrogen-bond acceptors (Lipinski definition) is 3. The minimum absolute atomic E-state index is 0.000825. The van der Waals surface area contributed by atoms with E-state index < -0.39 is 0 Å². The summed E-state index contributed by atoms with van der Waals surface area (Å²) in [5, 5.41) is 11.3. The predicted molar refractivity (Wildman–Crippen MR) is 65.1 cm³/mol. The molecule has 1 amide bonds. The monoisotopic (exact) mass is 238 g/mol. The number of hydrogen-bond donors (Lipinski definition) is 1. The van der Waals surface area contributed by atoms with Gasteiger partial charge < -0.3 is 10.1 Å². The first-order valence-corrected chi connectivity index (χ1v) is 6.38. The van der Waals surface area contributed by atoms with E-state index in [1.54, 1.807) is 0 Å². The Morgan fingerprint density at radius 2 is 2.00 bits per heavy atom. The molecule has 0 saturated carbocycles. The highest BCUT2D eigenvalue weighted by Crippen LogP contribution is 2.32. The van der Waals surface area contributed by atoms with Gasteiger partial charge in [-0.2, -0.15) is 5.26 Å². The lowest BCUT2D eigenvalue weighted by atomic mass is 9.89. The van der Waals surface area contributed by atoms with Crippen LogP contribution in [0.3, 0.4) is 0 Å². The molecule has 17 heavy (non-hydrogen) atoms. The molecule has 0 aromatic carbocycles. The fraction of sp³-hybridized carbons (Fsp3) is 0.846. The lowest BCUT2D eigenvalue weighted by Gasteiger charge is -2.17. The van der Waals surface area contributed by atoms with Crippen molar-refractivity contribution >= 4 is 5.91 Å². The van der Waals surface area contributed by atoms with E-state index in [9.17, 15) is 4.79 Å². The second-order valence-corrected chi connectivity index (χ2v) is 4.84. The van der Waals surface area contributed by atoms with Crippen LogP contribution in [0.15, 0.2) is 0 Å². The number of nitrogens with one attached hydrogen (secondary N) is 1. The first-order valence-electron chi connectivity index (χ1n) is 6.38. The predicted octanol–water partition coefficient (Wildman–Crippen LogP) is 1.86. The summed E-state index contributed by atoms with van der Waals surface area (Å²) in [6.45, 7) is 6.69. The molecule has 4 nitrogen and oxygen atoms in total. The Kier molecular flexibility index (Phi) is 5.43. The zero-order valence-electron chi connectivity index (χ0n) is 10.9. The van der Waals surface area contributed by atoms with Crippen molar-refractivity contribution in [3.63, 3.8) is 0 Å². The van der Waals surface area contributed by atoms with E-state index in [1.807, 2.05) is 13.8 Å².